The Bertz CT molecular complexity index is 499. The molecule has 0 radical (unpaired) electrons. The van der Waals surface area contributed by atoms with E-state index in [4.69, 9.17) is 16.3 Å². The van der Waals surface area contributed by atoms with E-state index in [0.29, 0.717) is 11.6 Å². The summed E-state index contributed by atoms with van der Waals surface area (Å²) < 4.78 is 5.31. The van der Waals surface area contributed by atoms with Crippen molar-refractivity contribution in [2.24, 2.45) is 0 Å². The third-order valence-electron chi connectivity index (χ3n) is 3.58. The lowest BCUT2D eigenvalue weighted by molar-refractivity contribution is -0.116. The second-order valence-electron chi connectivity index (χ2n) is 5.34. The molecule has 0 unspecified atom stereocenters. The summed E-state index contributed by atoms with van der Waals surface area (Å²) in [5.74, 6) is -0.0636. The van der Waals surface area contributed by atoms with E-state index in [2.05, 4.69) is 10.2 Å². The van der Waals surface area contributed by atoms with E-state index in [9.17, 15) is 4.79 Å². The highest BCUT2D eigenvalue weighted by Gasteiger charge is 2.08. The molecular formula is C17H23ClN2O2. The van der Waals surface area contributed by atoms with Gasteiger partial charge in [-0.15, -0.1) is 0 Å². The Balaban J connectivity index is 1.57. The topological polar surface area (TPSA) is 41.6 Å². The number of halogens is 1. The van der Waals surface area contributed by atoms with Crippen LogP contribution < -0.4 is 5.32 Å². The predicted octanol–water partition coefficient (Wildman–Crippen LogP) is 2.58. The summed E-state index contributed by atoms with van der Waals surface area (Å²) in [6.07, 6.45) is 5.41. The van der Waals surface area contributed by atoms with Crippen molar-refractivity contribution in [3.63, 3.8) is 0 Å². The summed E-state index contributed by atoms with van der Waals surface area (Å²) in [5.41, 5.74) is 0.926. The maximum Gasteiger partial charge on any atom is 0.243 e. The van der Waals surface area contributed by atoms with Gasteiger partial charge in [0.1, 0.15) is 0 Å². The Morgan fingerprint density at radius 3 is 2.91 bits per heavy atom. The molecule has 1 saturated heterocycles. The quantitative estimate of drug-likeness (QED) is 0.619. The van der Waals surface area contributed by atoms with E-state index in [1.165, 1.54) is 0 Å². The molecule has 1 amide bonds. The maximum absolute atomic E-state index is 11.7. The largest absolute Gasteiger partial charge is 0.379 e. The first-order chi connectivity index (χ1) is 10.7. The molecule has 4 nitrogen and oxygen atoms in total. The number of nitrogens with one attached hydrogen (secondary N) is 1. The van der Waals surface area contributed by atoms with Crippen LogP contribution in [0.2, 0.25) is 5.02 Å². The lowest BCUT2D eigenvalue weighted by Gasteiger charge is -2.26. The van der Waals surface area contributed by atoms with Gasteiger partial charge in [-0.25, -0.2) is 0 Å². The van der Waals surface area contributed by atoms with E-state index in [1.54, 1.807) is 12.2 Å². The molecule has 0 aromatic heterocycles. The standard InChI is InChI=1S/C17H23ClN2O2/c18-16-5-3-4-15(14-16)6-7-17(21)19-8-1-2-9-20-10-12-22-13-11-20/h3-7,14H,1-2,8-13H2,(H,19,21)/b7-6+. The summed E-state index contributed by atoms with van der Waals surface area (Å²) in [4.78, 5) is 14.1. The van der Waals surface area contributed by atoms with Gasteiger partial charge in [0.05, 0.1) is 13.2 Å². The van der Waals surface area contributed by atoms with E-state index in [-0.39, 0.29) is 5.91 Å². The van der Waals surface area contributed by atoms with Crippen LogP contribution in [0.15, 0.2) is 30.3 Å². The highest BCUT2D eigenvalue weighted by atomic mass is 35.5. The third-order valence-corrected chi connectivity index (χ3v) is 3.81. The molecule has 0 atom stereocenters. The van der Waals surface area contributed by atoms with Crippen molar-refractivity contribution < 1.29 is 9.53 Å². The van der Waals surface area contributed by atoms with E-state index in [1.807, 2.05) is 24.3 Å². The van der Waals surface area contributed by atoms with Crippen LogP contribution in [-0.2, 0) is 9.53 Å². The summed E-state index contributed by atoms with van der Waals surface area (Å²) in [5, 5.41) is 3.58. The average molecular weight is 323 g/mol. The number of hydrogen-bond donors (Lipinski definition) is 1. The zero-order valence-corrected chi connectivity index (χ0v) is 13.5. The Morgan fingerprint density at radius 2 is 2.14 bits per heavy atom. The van der Waals surface area contributed by atoms with Crippen molar-refractivity contribution in [2.75, 3.05) is 39.4 Å². The molecule has 0 bridgehead atoms. The van der Waals surface area contributed by atoms with Gasteiger partial charge in [-0.2, -0.15) is 0 Å². The van der Waals surface area contributed by atoms with Crippen LogP contribution in [0, 0.1) is 0 Å². The van der Waals surface area contributed by atoms with Gasteiger partial charge >= 0.3 is 0 Å². The highest BCUT2D eigenvalue weighted by molar-refractivity contribution is 6.30. The molecule has 1 aliphatic rings. The molecule has 2 rings (SSSR count). The fourth-order valence-electron chi connectivity index (χ4n) is 2.34. The minimum atomic E-state index is -0.0636. The van der Waals surface area contributed by atoms with Crippen LogP contribution in [0.3, 0.4) is 0 Å². The van der Waals surface area contributed by atoms with Crippen molar-refractivity contribution in [3.8, 4) is 0 Å². The molecule has 1 aromatic rings. The summed E-state index contributed by atoms with van der Waals surface area (Å²) in [7, 11) is 0. The zero-order valence-electron chi connectivity index (χ0n) is 12.8. The number of carbonyl (C=O) groups excluding carboxylic acids is 1. The van der Waals surface area contributed by atoms with E-state index < -0.39 is 0 Å². The molecule has 22 heavy (non-hydrogen) atoms. The number of benzene rings is 1. The average Bonchev–Trinajstić information content (AvgIpc) is 2.54. The fourth-order valence-corrected chi connectivity index (χ4v) is 2.54. The van der Waals surface area contributed by atoms with Gasteiger partial charge in [0, 0.05) is 30.7 Å². The van der Waals surface area contributed by atoms with Crippen LogP contribution in [0.1, 0.15) is 18.4 Å². The lowest BCUT2D eigenvalue weighted by Crippen LogP contribution is -2.37. The van der Waals surface area contributed by atoms with Crippen molar-refractivity contribution in [1.82, 2.24) is 10.2 Å². The Morgan fingerprint density at radius 1 is 1.32 bits per heavy atom. The summed E-state index contributed by atoms with van der Waals surface area (Å²) >= 11 is 5.90. The number of amides is 1. The first-order valence-corrected chi connectivity index (χ1v) is 8.13. The van der Waals surface area contributed by atoms with Crippen LogP contribution in [0.25, 0.3) is 6.08 Å². The number of unbranched alkanes of at least 4 members (excludes halogenated alkanes) is 1. The van der Waals surface area contributed by atoms with Crippen molar-refractivity contribution in [1.29, 1.82) is 0 Å². The lowest BCUT2D eigenvalue weighted by atomic mass is 10.2. The van der Waals surface area contributed by atoms with Gasteiger partial charge in [-0.3, -0.25) is 9.69 Å². The van der Waals surface area contributed by atoms with Crippen molar-refractivity contribution in [2.45, 2.75) is 12.8 Å². The Kier molecular flexibility index (Phi) is 7.43. The van der Waals surface area contributed by atoms with Gasteiger partial charge in [-0.05, 0) is 43.2 Å². The van der Waals surface area contributed by atoms with Gasteiger partial charge in [-0.1, -0.05) is 23.7 Å². The first-order valence-electron chi connectivity index (χ1n) is 7.75. The van der Waals surface area contributed by atoms with Crippen LogP contribution in [0.5, 0.6) is 0 Å². The molecule has 1 N–H and O–H groups in total. The van der Waals surface area contributed by atoms with Gasteiger partial charge in [0.25, 0.3) is 0 Å². The molecule has 1 aliphatic heterocycles. The third kappa shape index (κ3) is 6.60. The number of nitrogens with zero attached hydrogens (tertiary/aromatic N) is 1. The monoisotopic (exact) mass is 322 g/mol. The van der Waals surface area contributed by atoms with Crippen molar-refractivity contribution >= 4 is 23.6 Å². The van der Waals surface area contributed by atoms with Crippen LogP contribution >= 0.6 is 11.6 Å². The second-order valence-corrected chi connectivity index (χ2v) is 5.78. The van der Waals surface area contributed by atoms with E-state index >= 15 is 0 Å². The number of ether oxygens (including phenoxy) is 1. The number of carbonyl (C=O) groups is 1. The molecule has 5 heteroatoms. The minimum Gasteiger partial charge on any atom is -0.379 e. The van der Waals surface area contributed by atoms with Crippen LogP contribution in [-0.4, -0.2) is 50.2 Å². The van der Waals surface area contributed by atoms with Crippen LogP contribution in [0.4, 0.5) is 0 Å². The Hall–Kier alpha value is -1.36. The van der Waals surface area contributed by atoms with Gasteiger partial charge in [0.15, 0.2) is 0 Å². The smallest absolute Gasteiger partial charge is 0.243 e. The van der Waals surface area contributed by atoms with Crippen molar-refractivity contribution in [3.05, 3.63) is 40.9 Å². The molecule has 120 valence electrons. The molecule has 1 heterocycles. The fraction of sp³-hybridized carbons (Fsp3) is 0.471. The Labute approximate surface area is 137 Å². The number of rotatable bonds is 7. The second kappa shape index (κ2) is 9.62. The molecule has 0 spiro atoms. The first kappa shape index (κ1) is 17.0. The molecule has 1 aromatic carbocycles. The number of morpholine rings is 1. The van der Waals surface area contributed by atoms with E-state index in [0.717, 1.165) is 51.3 Å². The zero-order chi connectivity index (χ0) is 15.6. The predicted molar refractivity (Wildman–Crippen MR) is 90.0 cm³/mol. The summed E-state index contributed by atoms with van der Waals surface area (Å²) in [6.45, 7) is 5.51. The van der Waals surface area contributed by atoms with Gasteiger partial charge in [0.2, 0.25) is 5.91 Å². The normalized spacial score (nSPS) is 16.0. The molecule has 0 aliphatic carbocycles. The molecular weight excluding hydrogens is 300 g/mol. The highest BCUT2D eigenvalue weighted by Crippen LogP contribution is 2.11. The summed E-state index contributed by atoms with van der Waals surface area (Å²) in [6, 6.07) is 7.42. The molecule has 1 fully saturated rings. The molecule has 0 saturated carbocycles. The number of hydrogen-bond acceptors (Lipinski definition) is 3. The van der Waals surface area contributed by atoms with Gasteiger partial charge < -0.3 is 10.1 Å². The minimum absolute atomic E-state index is 0.0636. The maximum atomic E-state index is 11.7. The SMILES string of the molecule is O=C(/C=C/c1cccc(Cl)c1)NCCCCN1CCOCC1.